The van der Waals surface area contributed by atoms with E-state index in [9.17, 15) is 9.59 Å². The Hall–Kier alpha value is -2.93. The first-order valence-corrected chi connectivity index (χ1v) is 10.1. The largest absolute Gasteiger partial charge is 0.344 e. The van der Waals surface area contributed by atoms with Crippen LogP contribution in [0, 0.1) is 0 Å². The van der Waals surface area contributed by atoms with E-state index in [1.165, 1.54) is 5.56 Å². The molecule has 2 aromatic rings. The molecule has 0 aliphatic carbocycles. The summed E-state index contributed by atoms with van der Waals surface area (Å²) in [6, 6.07) is 17.2. The molecule has 3 rings (SSSR count). The number of carbonyl (C=O) groups excluding carboxylic acids is 2. The van der Waals surface area contributed by atoms with Crippen LogP contribution < -0.4 is 16.1 Å². The van der Waals surface area contributed by atoms with Crippen LogP contribution in [0.1, 0.15) is 44.2 Å². The summed E-state index contributed by atoms with van der Waals surface area (Å²) >= 11 is 5.28. The fourth-order valence-corrected chi connectivity index (χ4v) is 3.42. The van der Waals surface area contributed by atoms with E-state index in [4.69, 9.17) is 12.2 Å². The van der Waals surface area contributed by atoms with E-state index < -0.39 is 11.6 Å². The molecule has 3 N–H and O–H groups in total. The summed E-state index contributed by atoms with van der Waals surface area (Å²) < 4.78 is 0. The van der Waals surface area contributed by atoms with Crippen LogP contribution in [-0.2, 0) is 11.2 Å². The maximum Gasteiger partial charge on any atom is 0.344 e. The molecule has 2 aromatic carbocycles. The number of hydrogen-bond acceptors (Lipinski definition) is 3. The normalized spacial score (nSPS) is 18.7. The molecule has 152 valence electrons. The van der Waals surface area contributed by atoms with Gasteiger partial charge in [0.15, 0.2) is 5.11 Å². The predicted octanol–water partition coefficient (Wildman–Crippen LogP) is 3.95. The van der Waals surface area contributed by atoms with Crippen molar-refractivity contribution in [3.8, 4) is 0 Å². The molecule has 0 unspecified atom stereocenters. The van der Waals surface area contributed by atoms with Crippen molar-refractivity contribution in [2.45, 2.75) is 45.1 Å². The Labute approximate surface area is 176 Å². The zero-order valence-corrected chi connectivity index (χ0v) is 17.7. The zero-order valence-electron chi connectivity index (χ0n) is 16.9. The minimum atomic E-state index is -0.978. The second kappa shape index (κ2) is 8.61. The highest BCUT2D eigenvalue weighted by molar-refractivity contribution is 7.80. The van der Waals surface area contributed by atoms with Crippen LogP contribution in [0.25, 0.3) is 0 Å². The van der Waals surface area contributed by atoms with Crippen LogP contribution in [0.2, 0.25) is 0 Å². The lowest BCUT2D eigenvalue weighted by molar-refractivity contribution is -0.132. The van der Waals surface area contributed by atoms with Crippen LogP contribution in [-0.4, -0.2) is 27.6 Å². The number of nitrogens with zero attached hydrogens (tertiary/aromatic N) is 1. The number of thiocarbonyl (C=S) groups is 1. The maximum absolute atomic E-state index is 12.9. The molecule has 1 aliphatic heterocycles. The van der Waals surface area contributed by atoms with Gasteiger partial charge in [-0.25, -0.2) is 4.79 Å². The first-order chi connectivity index (χ1) is 13.8. The number of rotatable bonds is 6. The van der Waals surface area contributed by atoms with E-state index in [1.54, 1.807) is 6.92 Å². The van der Waals surface area contributed by atoms with E-state index in [0.717, 1.165) is 16.3 Å². The topological polar surface area (TPSA) is 73.5 Å². The van der Waals surface area contributed by atoms with Crippen molar-refractivity contribution >= 4 is 35.0 Å². The number of carbonyl (C=O) groups is 2. The van der Waals surface area contributed by atoms with Crippen molar-refractivity contribution in [3.05, 3.63) is 65.7 Å². The van der Waals surface area contributed by atoms with Crippen molar-refractivity contribution < 1.29 is 9.59 Å². The Balaban J connectivity index is 1.59. The van der Waals surface area contributed by atoms with Crippen LogP contribution >= 0.6 is 12.2 Å². The highest BCUT2D eigenvalue weighted by atomic mass is 32.1. The van der Waals surface area contributed by atoms with Crippen molar-refractivity contribution in [1.82, 2.24) is 15.8 Å². The SMILES string of the molecule is CC(C)c1ccc(NC(=S)NN2C(=O)N[C@@](C)(CCc3ccccc3)C2=O)cc1. The molecular weight excluding hydrogens is 384 g/mol. The van der Waals surface area contributed by atoms with Crippen LogP contribution in [0.15, 0.2) is 54.6 Å². The Bertz CT molecular complexity index is 899. The zero-order chi connectivity index (χ0) is 21.0. The number of anilines is 1. The van der Waals surface area contributed by atoms with Gasteiger partial charge in [-0.1, -0.05) is 56.3 Å². The minimum absolute atomic E-state index is 0.179. The molecule has 1 saturated heterocycles. The monoisotopic (exact) mass is 410 g/mol. The first-order valence-electron chi connectivity index (χ1n) is 9.67. The van der Waals surface area contributed by atoms with E-state index in [0.29, 0.717) is 18.8 Å². The number of urea groups is 1. The van der Waals surface area contributed by atoms with Crippen LogP contribution in [0.3, 0.4) is 0 Å². The Morgan fingerprint density at radius 3 is 2.38 bits per heavy atom. The highest BCUT2D eigenvalue weighted by Gasteiger charge is 2.48. The molecular formula is C22H26N4O2S. The van der Waals surface area contributed by atoms with Gasteiger partial charge in [0.05, 0.1) is 0 Å². The Kier molecular flexibility index (Phi) is 6.17. The summed E-state index contributed by atoms with van der Waals surface area (Å²) in [6.45, 7) is 5.99. The summed E-state index contributed by atoms with van der Waals surface area (Å²) in [5.41, 5.74) is 4.85. The Morgan fingerprint density at radius 1 is 1.10 bits per heavy atom. The van der Waals surface area contributed by atoms with Gasteiger partial charge in [0.25, 0.3) is 5.91 Å². The van der Waals surface area contributed by atoms with Gasteiger partial charge in [-0.3, -0.25) is 10.2 Å². The molecule has 0 radical (unpaired) electrons. The fraction of sp³-hybridized carbons (Fsp3) is 0.318. The average molecular weight is 411 g/mol. The molecule has 1 aliphatic rings. The maximum atomic E-state index is 12.9. The summed E-state index contributed by atoms with van der Waals surface area (Å²) in [5.74, 6) is 0.0892. The highest BCUT2D eigenvalue weighted by Crippen LogP contribution is 2.22. The lowest BCUT2D eigenvalue weighted by Gasteiger charge is -2.22. The second-order valence-electron chi connectivity index (χ2n) is 7.73. The van der Waals surface area contributed by atoms with Crippen molar-refractivity contribution in [2.24, 2.45) is 0 Å². The summed E-state index contributed by atoms with van der Waals surface area (Å²) in [6.07, 6.45) is 1.18. The first kappa shape index (κ1) is 20.8. The van der Waals surface area contributed by atoms with Crippen molar-refractivity contribution in [2.75, 3.05) is 5.32 Å². The molecule has 0 aromatic heterocycles. The van der Waals surface area contributed by atoms with Gasteiger partial charge < -0.3 is 10.6 Å². The molecule has 29 heavy (non-hydrogen) atoms. The van der Waals surface area contributed by atoms with Gasteiger partial charge >= 0.3 is 6.03 Å². The number of hydrazine groups is 1. The van der Waals surface area contributed by atoms with E-state index in [1.807, 2.05) is 54.6 Å². The summed E-state index contributed by atoms with van der Waals surface area (Å²) in [5, 5.41) is 6.91. The number of nitrogens with one attached hydrogen (secondary N) is 3. The number of hydrogen-bond donors (Lipinski definition) is 3. The van der Waals surface area contributed by atoms with Gasteiger partial charge in [0.1, 0.15) is 5.54 Å². The van der Waals surface area contributed by atoms with Crippen molar-refractivity contribution in [3.63, 3.8) is 0 Å². The van der Waals surface area contributed by atoms with E-state index in [-0.39, 0.29) is 11.0 Å². The number of benzene rings is 2. The molecule has 3 amide bonds. The third kappa shape index (κ3) is 4.92. The lowest BCUT2D eigenvalue weighted by Crippen LogP contribution is -2.50. The fourth-order valence-electron chi connectivity index (χ4n) is 3.21. The third-order valence-corrected chi connectivity index (χ3v) is 5.26. The van der Waals surface area contributed by atoms with Gasteiger partial charge in [0.2, 0.25) is 0 Å². The average Bonchev–Trinajstić information content (AvgIpc) is 2.91. The summed E-state index contributed by atoms with van der Waals surface area (Å²) in [7, 11) is 0. The van der Waals surface area contributed by atoms with Crippen LogP contribution in [0.4, 0.5) is 10.5 Å². The summed E-state index contributed by atoms with van der Waals surface area (Å²) in [4.78, 5) is 25.2. The second-order valence-corrected chi connectivity index (χ2v) is 8.14. The molecule has 0 saturated carbocycles. The number of imide groups is 1. The predicted molar refractivity (Wildman–Crippen MR) is 118 cm³/mol. The molecule has 1 atom stereocenters. The molecule has 0 bridgehead atoms. The van der Waals surface area contributed by atoms with Gasteiger partial charge in [-0.05, 0) is 61.2 Å². The third-order valence-electron chi connectivity index (χ3n) is 5.07. The quantitative estimate of drug-likeness (QED) is 0.497. The minimum Gasteiger partial charge on any atom is -0.331 e. The number of amides is 3. The van der Waals surface area contributed by atoms with E-state index in [2.05, 4.69) is 29.9 Å². The smallest absolute Gasteiger partial charge is 0.331 e. The Morgan fingerprint density at radius 2 is 1.76 bits per heavy atom. The molecule has 1 heterocycles. The van der Waals surface area contributed by atoms with Crippen molar-refractivity contribution in [1.29, 1.82) is 0 Å². The number of aryl methyl sites for hydroxylation is 1. The molecule has 6 nitrogen and oxygen atoms in total. The molecule has 1 fully saturated rings. The lowest BCUT2D eigenvalue weighted by atomic mass is 9.93. The molecule has 7 heteroatoms. The van der Waals surface area contributed by atoms with Gasteiger partial charge in [-0.2, -0.15) is 5.01 Å². The standard InChI is InChI=1S/C22H26N4O2S/c1-15(2)17-9-11-18(12-10-17)23-20(29)25-26-19(27)22(3,24-21(26)28)14-13-16-7-5-4-6-8-16/h4-12,15H,13-14H2,1-3H3,(H,24,28)(H2,23,25,29)/t22-/m0/s1. The van der Waals surface area contributed by atoms with E-state index >= 15 is 0 Å². The molecule has 0 spiro atoms. The van der Waals surface area contributed by atoms with Gasteiger partial charge in [0, 0.05) is 5.69 Å². The van der Waals surface area contributed by atoms with Crippen LogP contribution in [0.5, 0.6) is 0 Å². The van der Waals surface area contributed by atoms with Gasteiger partial charge in [-0.15, -0.1) is 0 Å².